The molecule has 0 saturated carbocycles. The minimum Gasteiger partial charge on any atom is -0.490 e. The first kappa shape index (κ1) is 20.1. The first-order valence-corrected chi connectivity index (χ1v) is 10.4. The number of aromatic amines is 1. The maximum atomic E-state index is 13.1. The summed E-state index contributed by atoms with van der Waals surface area (Å²) in [5.41, 5.74) is 2.51. The van der Waals surface area contributed by atoms with Crippen molar-refractivity contribution in [3.8, 4) is 17.2 Å². The number of hydrogen-bond acceptors (Lipinski definition) is 5. The van der Waals surface area contributed by atoms with Crippen molar-refractivity contribution < 1.29 is 19.0 Å². The van der Waals surface area contributed by atoms with Crippen LogP contribution in [0.15, 0.2) is 36.4 Å². The molecule has 7 nitrogen and oxygen atoms in total. The number of para-hydroxylation sites is 2. The molecule has 4 rings (SSSR count). The summed E-state index contributed by atoms with van der Waals surface area (Å²) >= 11 is 0. The van der Waals surface area contributed by atoms with Crippen molar-refractivity contribution in [3.05, 3.63) is 47.8 Å². The molecule has 0 spiro atoms. The van der Waals surface area contributed by atoms with E-state index in [0.29, 0.717) is 55.7 Å². The molecule has 1 aliphatic rings. The van der Waals surface area contributed by atoms with Crippen LogP contribution in [-0.2, 0) is 0 Å². The number of aromatic nitrogens is 2. The van der Waals surface area contributed by atoms with Crippen LogP contribution in [-0.4, -0.2) is 53.7 Å². The quantitative estimate of drug-likeness (QED) is 0.609. The van der Waals surface area contributed by atoms with E-state index >= 15 is 0 Å². The zero-order valence-corrected chi connectivity index (χ0v) is 17.6. The normalized spacial score (nSPS) is 13.9. The topological polar surface area (TPSA) is 76.7 Å². The number of H-pyrrole nitrogens is 1. The summed E-state index contributed by atoms with van der Waals surface area (Å²) in [7, 11) is 0. The Bertz CT molecular complexity index is 980. The van der Waals surface area contributed by atoms with Gasteiger partial charge in [-0.1, -0.05) is 12.1 Å². The van der Waals surface area contributed by atoms with Crippen LogP contribution in [0.4, 0.5) is 0 Å². The van der Waals surface area contributed by atoms with E-state index in [0.717, 1.165) is 16.9 Å². The van der Waals surface area contributed by atoms with Crippen molar-refractivity contribution >= 4 is 16.9 Å². The minimum atomic E-state index is -0.0488. The molecule has 1 fully saturated rings. The summed E-state index contributed by atoms with van der Waals surface area (Å²) in [6.45, 7) is 8.39. The summed E-state index contributed by atoms with van der Waals surface area (Å²) in [4.78, 5) is 22.9. The van der Waals surface area contributed by atoms with Gasteiger partial charge in [-0.05, 0) is 45.0 Å². The van der Waals surface area contributed by atoms with Gasteiger partial charge in [-0.2, -0.15) is 0 Å². The molecule has 0 bridgehead atoms. The molecule has 1 N–H and O–H groups in total. The second kappa shape index (κ2) is 8.65. The maximum Gasteiger partial charge on any atom is 0.254 e. The van der Waals surface area contributed by atoms with Crippen LogP contribution in [0.1, 0.15) is 42.9 Å². The summed E-state index contributed by atoms with van der Waals surface area (Å²) in [5, 5.41) is 0. The van der Waals surface area contributed by atoms with E-state index in [4.69, 9.17) is 14.2 Å². The number of likely N-dealkylation sites (tertiary alicyclic amines) is 1. The number of carbonyl (C=O) groups excluding carboxylic acids is 1. The van der Waals surface area contributed by atoms with Crippen molar-refractivity contribution in [1.82, 2.24) is 14.9 Å². The van der Waals surface area contributed by atoms with Crippen LogP contribution in [0, 0.1) is 0 Å². The summed E-state index contributed by atoms with van der Waals surface area (Å²) in [6, 6.07) is 11.4. The Balaban J connectivity index is 1.53. The lowest BCUT2D eigenvalue weighted by molar-refractivity contribution is 0.0594. The second-order valence-electron chi connectivity index (χ2n) is 7.15. The van der Waals surface area contributed by atoms with Gasteiger partial charge in [0.1, 0.15) is 5.82 Å². The standard InChI is InChI=1S/C23H27N3O4/c1-4-28-19-11-15(12-20(29-5-2)21(19)30-6-3)23(27)26-13-16(14-26)22-24-17-9-7-8-10-18(17)25-22/h7-12,16H,4-6,13-14H2,1-3H3,(H,24,25). The van der Waals surface area contributed by atoms with Crippen molar-refractivity contribution in [3.63, 3.8) is 0 Å². The third kappa shape index (κ3) is 3.79. The predicted octanol–water partition coefficient (Wildman–Crippen LogP) is 4.00. The molecule has 1 aromatic heterocycles. The van der Waals surface area contributed by atoms with Crippen molar-refractivity contribution in [2.45, 2.75) is 26.7 Å². The summed E-state index contributed by atoms with van der Waals surface area (Å²) in [6.07, 6.45) is 0. The molecule has 7 heteroatoms. The number of fused-ring (bicyclic) bond motifs is 1. The number of rotatable bonds is 8. The van der Waals surface area contributed by atoms with Crippen molar-refractivity contribution in [2.75, 3.05) is 32.9 Å². The molecule has 1 saturated heterocycles. The van der Waals surface area contributed by atoms with Gasteiger partial charge < -0.3 is 24.1 Å². The Morgan fingerprint density at radius 1 is 1.03 bits per heavy atom. The molecule has 1 aliphatic heterocycles. The number of benzene rings is 2. The second-order valence-corrected chi connectivity index (χ2v) is 7.15. The lowest BCUT2D eigenvalue weighted by Gasteiger charge is -2.38. The third-order valence-electron chi connectivity index (χ3n) is 5.12. The molecule has 0 radical (unpaired) electrons. The smallest absolute Gasteiger partial charge is 0.254 e. The molecule has 2 aromatic carbocycles. The number of nitrogens with one attached hydrogen (secondary N) is 1. The number of nitrogens with zero attached hydrogens (tertiary/aromatic N) is 2. The average Bonchev–Trinajstić information content (AvgIpc) is 3.13. The van der Waals surface area contributed by atoms with Crippen molar-refractivity contribution in [1.29, 1.82) is 0 Å². The van der Waals surface area contributed by atoms with Crippen molar-refractivity contribution in [2.24, 2.45) is 0 Å². The first-order valence-electron chi connectivity index (χ1n) is 10.4. The molecule has 1 amide bonds. The van der Waals surface area contributed by atoms with Gasteiger partial charge in [0, 0.05) is 18.7 Å². The highest BCUT2D eigenvalue weighted by Crippen LogP contribution is 2.40. The number of carbonyl (C=O) groups is 1. The largest absolute Gasteiger partial charge is 0.490 e. The van der Waals surface area contributed by atoms with Crippen LogP contribution in [0.5, 0.6) is 17.2 Å². The lowest BCUT2D eigenvalue weighted by Crippen LogP contribution is -2.48. The average molecular weight is 409 g/mol. The van der Waals surface area contributed by atoms with Gasteiger partial charge in [0.15, 0.2) is 11.5 Å². The van der Waals surface area contributed by atoms with Gasteiger partial charge in [-0.15, -0.1) is 0 Å². The maximum absolute atomic E-state index is 13.1. The monoisotopic (exact) mass is 409 g/mol. The predicted molar refractivity (Wildman–Crippen MR) is 115 cm³/mol. The fourth-order valence-electron chi connectivity index (χ4n) is 3.68. The fraction of sp³-hybridized carbons (Fsp3) is 0.391. The highest BCUT2D eigenvalue weighted by atomic mass is 16.5. The van der Waals surface area contributed by atoms with Crippen LogP contribution >= 0.6 is 0 Å². The Labute approximate surface area is 176 Å². The van der Waals surface area contributed by atoms with Gasteiger partial charge in [0.05, 0.1) is 36.8 Å². The molecule has 158 valence electrons. The molecule has 0 aliphatic carbocycles. The third-order valence-corrected chi connectivity index (χ3v) is 5.12. The zero-order valence-electron chi connectivity index (χ0n) is 17.6. The minimum absolute atomic E-state index is 0.0488. The van der Waals surface area contributed by atoms with Crippen LogP contribution in [0.2, 0.25) is 0 Å². The van der Waals surface area contributed by atoms with E-state index in [1.54, 1.807) is 12.1 Å². The molecule has 2 heterocycles. The van der Waals surface area contributed by atoms with E-state index < -0.39 is 0 Å². The molecule has 0 atom stereocenters. The first-order chi connectivity index (χ1) is 14.6. The lowest BCUT2D eigenvalue weighted by atomic mass is 9.98. The number of amides is 1. The molecular weight excluding hydrogens is 382 g/mol. The van der Waals surface area contributed by atoms with Crippen LogP contribution < -0.4 is 14.2 Å². The zero-order chi connectivity index (χ0) is 21.1. The van der Waals surface area contributed by atoms with Gasteiger partial charge in [0.2, 0.25) is 5.75 Å². The Kier molecular flexibility index (Phi) is 5.79. The van der Waals surface area contributed by atoms with Gasteiger partial charge >= 0.3 is 0 Å². The number of imidazole rings is 1. The molecule has 0 unspecified atom stereocenters. The number of hydrogen-bond donors (Lipinski definition) is 1. The van der Waals surface area contributed by atoms with Gasteiger partial charge in [0.25, 0.3) is 5.91 Å². The van der Waals surface area contributed by atoms with E-state index in [1.165, 1.54) is 0 Å². The van der Waals surface area contributed by atoms with E-state index in [9.17, 15) is 4.79 Å². The van der Waals surface area contributed by atoms with E-state index in [1.807, 2.05) is 49.9 Å². The van der Waals surface area contributed by atoms with E-state index in [2.05, 4.69) is 9.97 Å². The Morgan fingerprint density at radius 2 is 1.67 bits per heavy atom. The summed E-state index contributed by atoms with van der Waals surface area (Å²) in [5.74, 6) is 2.69. The molecular formula is C23H27N3O4. The molecule has 3 aromatic rings. The van der Waals surface area contributed by atoms with Crippen LogP contribution in [0.25, 0.3) is 11.0 Å². The Morgan fingerprint density at radius 3 is 2.27 bits per heavy atom. The SMILES string of the molecule is CCOc1cc(C(=O)N2CC(c3nc4ccccc4[nH]3)C2)cc(OCC)c1OCC. The highest BCUT2D eigenvalue weighted by molar-refractivity contribution is 5.96. The van der Waals surface area contributed by atoms with Gasteiger partial charge in [-0.25, -0.2) is 4.98 Å². The summed E-state index contributed by atoms with van der Waals surface area (Å²) < 4.78 is 17.2. The Hall–Kier alpha value is -3.22. The van der Waals surface area contributed by atoms with Crippen LogP contribution in [0.3, 0.4) is 0 Å². The fourth-order valence-corrected chi connectivity index (χ4v) is 3.68. The highest BCUT2D eigenvalue weighted by Gasteiger charge is 2.35. The number of ether oxygens (including phenoxy) is 3. The van der Waals surface area contributed by atoms with E-state index in [-0.39, 0.29) is 11.8 Å². The molecule has 30 heavy (non-hydrogen) atoms. The van der Waals surface area contributed by atoms with Gasteiger partial charge in [-0.3, -0.25) is 4.79 Å².